The highest BCUT2D eigenvalue weighted by Gasteiger charge is 2.27. The van der Waals surface area contributed by atoms with Crippen molar-refractivity contribution in [2.75, 3.05) is 27.9 Å². The minimum atomic E-state index is -1.42. The zero-order valence-electron chi connectivity index (χ0n) is 11.4. The fourth-order valence-electron chi connectivity index (χ4n) is 1.49. The van der Waals surface area contributed by atoms with Crippen LogP contribution in [0.25, 0.3) is 0 Å². The monoisotopic (exact) mass is 265 g/mol. The van der Waals surface area contributed by atoms with Crippen LogP contribution >= 0.6 is 0 Å². The third kappa shape index (κ3) is 4.23. The molecule has 0 radical (unpaired) electrons. The van der Waals surface area contributed by atoms with Gasteiger partial charge in [-0.15, -0.1) is 0 Å². The van der Waals surface area contributed by atoms with Crippen molar-refractivity contribution in [3.8, 4) is 12.0 Å². The Morgan fingerprint density at radius 1 is 1.11 bits per heavy atom. The van der Waals surface area contributed by atoms with Crippen LogP contribution in [0.3, 0.4) is 0 Å². The van der Waals surface area contributed by atoms with Gasteiger partial charge < -0.3 is 24.7 Å². The standard InChI is InChI=1S/C14H19NO4/c1-16-14(17-2,18-3)9-10-19-13(11-15)12-7-5-4-6-8-12/h4-8,13H,11,15H2,1-3H3. The first-order valence-electron chi connectivity index (χ1n) is 5.79. The third-order valence-corrected chi connectivity index (χ3v) is 2.60. The summed E-state index contributed by atoms with van der Waals surface area (Å²) in [4.78, 5) is 0. The Bertz CT molecular complexity index is 412. The van der Waals surface area contributed by atoms with Crippen molar-refractivity contribution in [1.82, 2.24) is 0 Å². The molecule has 0 amide bonds. The van der Waals surface area contributed by atoms with Crippen LogP contribution in [0, 0.1) is 12.0 Å². The van der Waals surface area contributed by atoms with Crippen LogP contribution in [0.5, 0.6) is 0 Å². The Balaban J connectivity index is 2.74. The fraction of sp³-hybridized carbons (Fsp3) is 0.429. The molecular formula is C14H19NO4. The van der Waals surface area contributed by atoms with E-state index in [1.165, 1.54) is 21.3 Å². The molecular weight excluding hydrogens is 246 g/mol. The van der Waals surface area contributed by atoms with Crippen LogP contribution < -0.4 is 5.73 Å². The molecule has 0 fully saturated rings. The molecule has 0 spiro atoms. The number of methoxy groups -OCH3 is 3. The van der Waals surface area contributed by atoms with Gasteiger partial charge in [-0.1, -0.05) is 30.3 Å². The van der Waals surface area contributed by atoms with Gasteiger partial charge in [-0.3, -0.25) is 0 Å². The maximum atomic E-state index is 5.67. The molecule has 19 heavy (non-hydrogen) atoms. The first kappa shape index (κ1) is 15.5. The normalized spacial score (nSPS) is 12.4. The van der Waals surface area contributed by atoms with Crippen molar-refractivity contribution < 1.29 is 18.9 Å². The molecule has 1 aromatic rings. The van der Waals surface area contributed by atoms with Gasteiger partial charge in [-0.25, -0.2) is 0 Å². The minimum Gasteiger partial charge on any atom is -0.437 e. The molecule has 0 heterocycles. The predicted octanol–water partition coefficient (Wildman–Crippen LogP) is 1.26. The van der Waals surface area contributed by atoms with E-state index in [2.05, 4.69) is 12.0 Å². The Morgan fingerprint density at radius 2 is 1.68 bits per heavy atom. The Labute approximate surface area is 113 Å². The first-order valence-corrected chi connectivity index (χ1v) is 5.79. The second kappa shape index (κ2) is 7.77. The molecule has 0 aliphatic rings. The van der Waals surface area contributed by atoms with E-state index in [0.29, 0.717) is 6.54 Å². The molecule has 1 unspecified atom stereocenters. The van der Waals surface area contributed by atoms with Crippen molar-refractivity contribution in [1.29, 1.82) is 0 Å². The summed E-state index contributed by atoms with van der Waals surface area (Å²) in [6, 6.07) is 9.61. The van der Waals surface area contributed by atoms with Crippen molar-refractivity contribution in [3.63, 3.8) is 0 Å². The molecule has 1 rings (SSSR count). The zero-order valence-corrected chi connectivity index (χ0v) is 11.4. The van der Waals surface area contributed by atoms with Crippen molar-refractivity contribution in [2.45, 2.75) is 12.1 Å². The van der Waals surface area contributed by atoms with E-state index in [4.69, 9.17) is 24.7 Å². The first-order chi connectivity index (χ1) is 9.21. The lowest BCUT2D eigenvalue weighted by atomic mass is 10.1. The van der Waals surface area contributed by atoms with E-state index >= 15 is 0 Å². The minimum absolute atomic E-state index is 0.308. The molecule has 5 nitrogen and oxygen atoms in total. The molecule has 1 atom stereocenters. The van der Waals surface area contributed by atoms with Crippen LogP contribution in [0.1, 0.15) is 11.7 Å². The highest BCUT2D eigenvalue weighted by molar-refractivity contribution is 5.18. The predicted molar refractivity (Wildman–Crippen MR) is 70.9 cm³/mol. The number of ether oxygens (including phenoxy) is 4. The molecule has 5 heteroatoms. The van der Waals surface area contributed by atoms with Gasteiger partial charge in [0.2, 0.25) is 0 Å². The summed E-state index contributed by atoms with van der Waals surface area (Å²) in [5, 5.41) is 0. The van der Waals surface area contributed by atoms with Crippen molar-refractivity contribution in [2.24, 2.45) is 5.73 Å². The van der Waals surface area contributed by atoms with Crippen LogP contribution in [-0.2, 0) is 18.9 Å². The van der Waals surface area contributed by atoms with Crippen molar-refractivity contribution in [3.05, 3.63) is 35.9 Å². The van der Waals surface area contributed by atoms with Crippen molar-refractivity contribution >= 4 is 0 Å². The quantitative estimate of drug-likeness (QED) is 0.619. The number of hydrogen-bond acceptors (Lipinski definition) is 5. The van der Waals surface area contributed by atoms with Gasteiger partial charge in [0.05, 0.1) is 0 Å². The SMILES string of the molecule is COC(C#COC(CN)c1ccccc1)(OC)OC. The van der Waals surface area contributed by atoms with Gasteiger partial charge in [0, 0.05) is 33.8 Å². The fourth-order valence-corrected chi connectivity index (χ4v) is 1.49. The summed E-state index contributed by atoms with van der Waals surface area (Å²) in [6.45, 7) is 0.318. The summed E-state index contributed by atoms with van der Waals surface area (Å²) in [6.07, 6.45) is 2.22. The number of rotatable bonds is 6. The lowest BCUT2D eigenvalue weighted by molar-refractivity contribution is -0.311. The van der Waals surface area contributed by atoms with Crippen LogP contribution in [0.4, 0.5) is 0 Å². The zero-order chi connectivity index (χ0) is 14.1. The molecule has 2 N–H and O–H groups in total. The van der Waals surface area contributed by atoms with E-state index in [1.807, 2.05) is 30.3 Å². The summed E-state index contributed by atoms with van der Waals surface area (Å²) >= 11 is 0. The van der Waals surface area contributed by atoms with Gasteiger partial charge in [0.15, 0.2) is 0 Å². The topological polar surface area (TPSA) is 62.9 Å². The maximum absolute atomic E-state index is 5.67. The van der Waals surface area contributed by atoms with E-state index in [0.717, 1.165) is 5.56 Å². The average molecular weight is 265 g/mol. The lowest BCUT2D eigenvalue weighted by Crippen LogP contribution is -2.34. The Morgan fingerprint density at radius 3 is 2.16 bits per heavy atom. The molecule has 0 aromatic heterocycles. The lowest BCUT2D eigenvalue weighted by Gasteiger charge is -2.22. The van der Waals surface area contributed by atoms with E-state index < -0.39 is 5.97 Å². The molecule has 0 saturated carbocycles. The highest BCUT2D eigenvalue weighted by atomic mass is 16.9. The number of nitrogens with two attached hydrogens (primary N) is 1. The van der Waals surface area contributed by atoms with E-state index in [-0.39, 0.29) is 6.10 Å². The van der Waals surface area contributed by atoms with Crippen LogP contribution in [-0.4, -0.2) is 33.8 Å². The van der Waals surface area contributed by atoms with E-state index in [9.17, 15) is 0 Å². The van der Waals surface area contributed by atoms with Crippen LogP contribution in [0.2, 0.25) is 0 Å². The van der Waals surface area contributed by atoms with Gasteiger partial charge in [0.1, 0.15) is 12.2 Å². The van der Waals surface area contributed by atoms with Gasteiger partial charge in [-0.2, -0.15) is 0 Å². The van der Waals surface area contributed by atoms with Gasteiger partial charge in [-0.05, 0) is 5.56 Å². The summed E-state index contributed by atoms with van der Waals surface area (Å²) in [7, 11) is 4.29. The molecule has 0 saturated heterocycles. The second-order valence-electron chi connectivity index (χ2n) is 3.65. The maximum Gasteiger partial charge on any atom is 0.355 e. The van der Waals surface area contributed by atoms with E-state index in [1.54, 1.807) is 0 Å². The molecule has 0 bridgehead atoms. The second-order valence-corrected chi connectivity index (χ2v) is 3.65. The largest absolute Gasteiger partial charge is 0.437 e. The molecule has 0 aliphatic heterocycles. The summed E-state index contributed by atoms with van der Waals surface area (Å²) in [5.74, 6) is 1.20. The smallest absolute Gasteiger partial charge is 0.355 e. The Hall–Kier alpha value is -1.58. The Kier molecular flexibility index (Phi) is 6.33. The number of hydrogen-bond donors (Lipinski definition) is 1. The third-order valence-electron chi connectivity index (χ3n) is 2.60. The summed E-state index contributed by atoms with van der Waals surface area (Å²) < 4.78 is 20.5. The van der Waals surface area contributed by atoms with Gasteiger partial charge in [0.25, 0.3) is 0 Å². The van der Waals surface area contributed by atoms with Gasteiger partial charge >= 0.3 is 5.97 Å². The molecule has 0 aliphatic carbocycles. The number of benzene rings is 1. The molecule has 104 valence electrons. The summed E-state index contributed by atoms with van der Waals surface area (Å²) in [5.41, 5.74) is 6.62. The van der Waals surface area contributed by atoms with Crippen LogP contribution in [0.15, 0.2) is 30.3 Å². The highest BCUT2D eigenvalue weighted by Crippen LogP contribution is 2.15. The molecule has 1 aromatic carbocycles. The average Bonchev–Trinajstić information content (AvgIpc) is 2.49.